The van der Waals surface area contributed by atoms with Gasteiger partial charge in [0.1, 0.15) is 17.5 Å². The van der Waals surface area contributed by atoms with Crippen molar-refractivity contribution >= 4 is 32.8 Å². The number of aromatic nitrogens is 4. The Morgan fingerprint density at radius 2 is 1.82 bits per heavy atom. The number of benzene rings is 2. The summed E-state index contributed by atoms with van der Waals surface area (Å²) >= 11 is 0. The SMILES string of the molecule is Cc1cc(NC(=O)CCc2nc3cc(S(=O)(=O)N(C)C)ccc3n2C)n(-c2ccc(F)cc2)n1. The monoisotopic (exact) mass is 484 g/mol. The van der Waals surface area contributed by atoms with Crippen LogP contribution in [-0.2, 0) is 28.3 Å². The van der Waals surface area contributed by atoms with Gasteiger partial charge in [-0.3, -0.25) is 4.79 Å². The molecule has 0 spiro atoms. The van der Waals surface area contributed by atoms with Gasteiger partial charge in [0.15, 0.2) is 0 Å². The van der Waals surface area contributed by atoms with Crippen LogP contribution in [0.15, 0.2) is 53.4 Å². The van der Waals surface area contributed by atoms with Crippen LogP contribution in [0.3, 0.4) is 0 Å². The van der Waals surface area contributed by atoms with Crippen molar-refractivity contribution in [3.8, 4) is 5.69 Å². The molecule has 2 aromatic heterocycles. The molecular formula is C23H25FN6O3S. The number of rotatable bonds is 7. The van der Waals surface area contributed by atoms with Crippen molar-refractivity contribution in [1.29, 1.82) is 0 Å². The zero-order valence-corrected chi connectivity index (χ0v) is 20.1. The maximum Gasteiger partial charge on any atom is 0.242 e. The molecule has 0 unspecified atom stereocenters. The maximum atomic E-state index is 13.3. The molecule has 2 aromatic carbocycles. The molecule has 2 heterocycles. The van der Waals surface area contributed by atoms with Crippen molar-refractivity contribution in [3.05, 3.63) is 65.9 Å². The number of carbonyl (C=O) groups is 1. The number of hydrogen-bond donors (Lipinski definition) is 1. The van der Waals surface area contributed by atoms with E-state index in [4.69, 9.17) is 0 Å². The third-order valence-corrected chi connectivity index (χ3v) is 7.28. The summed E-state index contributed by atoms with van der Waals surface area (Å²) in [6, 6.07) is 12.4. The van der Waals surface area contributed by atoms with Crippen LogP contribution in [0.25, 0.3) is 16.7 Å². The number of anilines is 1. The molecule has 0 saturated carbocycles. The van der Waals surface area contributed by atoms with E-state index in [1.54, 1.807) is 41.9 Å². The molecule has 0 bridgehead atoms. The summed E-state index contributed by atoms with van der Waals surface area (Å²) in [4.78, 5) is 17.4. The summed E-state index contributed by atoms with van der Waals surface area (Å²) < 4.78 is 42.7. The first kappa shape index (κ1) is 23.6. The summed E-state index contributed by atoms with van der Waals surface area (Å²) in [7, 11) is 1.22. The average molecular weight is 485 g/mol. The number of hydrogen-bond acceptors (Lipinski definition) is 5. The van der Waals surface area contributed by atoms with Gasteiger partial charge in [-0.25, -0.2) is 26.8 Å². The topological polar surface area (TPSA) is 102 Å². The van der Waals surface area contributed by atoms with E-state index < -0.39 is 10.0 Å². The Morgan fingerprint density at radius 3 is 2.50 bits per heavy atom. The Bertz CT molecular complexity index is 1470. The van der Waals surface area contributed by atoms with Gasteiger partial charge in [-0.15, -0.1) is 0 Å². The number of nitrogens with zero attached hydrogens (tertiary/aromatic N) is 5. The predicted octanol–water partition coefficient (Wildman–Crippen LogP) is 3.03. The van der Waals surface area contributed by atoms with Crippen molar-refractivity contribution < 1.29 is 17.6 Å². The van der Waals surface area contributed by atoms with Gasteiger partial charge in [-0.05, 0) is 49.4 Å². The normalized spacial score (nSPS) is 11.9. The molecule has 0 fully saturated rings. The molecular weight excluding hydrogens is 459 g/mol. The second-order valence-corrected chi connectivity index (χ2v) is 10.3. The average Bonchev–Trinajstić information content (AvgIpc) is 3.31. The fraction of sp³-hybridized carbons (Fsp3) is 0.261. The second-order valence-electron chi connectivity index (χ2n) is 8.13. The third kappa shape index (κ3) is 4.57. The highest BCUT2D eigenvalue weighted by Crippen LogP contribution is 2.22. The zero-order valence-electron chi connectivity index (χ0n) is 19.3. The lowest BCUT2D eigenvalue weighted by Crippen LogP contribution is -2.22. The van der Waals surface area contributed by atoms with Crippen LogP contribution in [-0.4, -0.2) is 52.1 Å². The van der Waals surface area contributed by atoms with Crippen LogP contribution < -0.4 is 5.32 Å². The van der Waals surface area contributed by atoms with Gasteiger partial charge < -0.3 is 9.88 Å². The van der Waals surface area contributed by atoms with Crippen molar-refractivity contribution in [2.75, 3.05) is 19.4 Å². The minimum Gasteiger partial charge on any atom is -0.331 e. The number of sulfonamides is 1. The number of nitrogens with one attached hydrogen (secondary N) is 1. The van der Waals surface area contributed by atoms with Gasteiger partial charge >= 0.3 is 0 Å². The Morgan fingerprint density at radius 1 is 1.12 bits per heavy atom. The number of carbonyl (C=O) groups excluding carboxylic acids is 1. The Kier molecular flexibility index (Phi) is 6.24. The van der Waals surface area contributed by atoms with Crippen molar-refractivity contribution in [2.45, 2.75) is 24.7 Å². The van der Waals surface area contributed by atoms with Crippen molar-refractivity contribution in [2.24, 2.45) is 7.05 Å². The molecule has 0 radical (unpaired) electrons. The fourth-order valence-corrected chi connectivity index (χ4v) is 4.54. The van der Waals surface area contributed by atoms with E-state index in [2.05, 4.69) is 15.4 Å². The van der Waals surface area contributed by atoms with Crippen molar-refractivity contribution in [3.63, 3.8) is 0 Å². The quantitative estimate of drug-likeness (QED) is 0.434. The molecule has 0 saturated heterocycles. The Hall–Kier alpha value is -3.57. The van der Waals surface area contributed by atoms with E-state index in [1.165, 1.54) is 32.3 Å². The van der Waals surface area contributed by atoms with Gasteiger partial charge in [0, 0.05) is 40.1 Å². The number of halogens is 1. The first-order valence-corrected chi connectivity index (χ1v) is 12.0. The predicted molar refractivity (Wildman–Crippen MR) is 127 cm³/mol. The molecule has 0 aliphatic carbocycles. The number of aryl methyl sites for hydroxylation is 3. The Labute approximate surface area is 196 Å². The highest BCUT2D eigenvalue weighted by molar-refractivity contribution is 7.89. The lowest BCUT2D eigenvalue weighted by atomic mass is 10.2. The summed E-state index contributed by atoms with van der Waals surface area (Å²) in [6.45, 7) is 1.81. The van der Waals surface area contributed by atoms with Gasteiger partial charge in [0.25, 0.3) is 0 Å². The van der Waals surface area contributed by atoms with Gasteiger partial charge in [0.05, 0.1) is 27.3 Å². The van der Waals surface area contributed by atoms with Gasteiger partial charge in [-0.1, -0.05) is 0 Å². The largest absolute Gasteiger partial charge is 0.331 e. The number of fused-ring (bicyclic) bond motifs is 1. The number of imidazole rings is 1. The molecule has 4 rings (SSSR count). The summed E-state index contributed by atoms with van der Waals surface area (Å²) in [6.07, 6.45) is 0.518. The molecule has 0 atom stereocenters. The minimum atomic E-state index is -3.57. The van der Waals surface area contributed by atoms with Crippen LogP contribution in [0.4, 0.5) is 10.2 Å². The first-order valence-electron chi connectivity index (χ1n) is 10.6. The second kappa shape index (κ2) is 8.99. The minimum absolute atomic E-state index is 0.160. The molecule has 4 aromatic rings. The van der Waals surface area contributed by atoms with Gasteiger partial charge in [-0.2, -0.15) is 5.10 Å². The highest BCUT2D eigenvalue weighted by Gasteiger charge is 2.19. The van der Waals surface area contributed by atoms with E-state index in [9.17, 15) is 17.6 Å². The molecule has 0 aliphatic heterocycles. The molecule has 178 valence electrons. The summed E-state index contributed by atoms with van der Waals surface area (Å²) in [5.41, 5.74) is 2.66. The summed E-state index contributed by atoms with van der Waals surface area (Å²) in [5.74, 6) is 0.559. The van der Waals surface area contributed by atoms with E-state index >= 15 is 0 Å². The van der Waals surface area contributed by atoms with Crippen molar-refractivity contribution in [1.82, 2.24) is 23.6 Å². The highest BCUT2D eigenvalue weighted by atomic mass is 32.2. The molecule has 9 nitrogen and oxygen atoms in total. The molecule has 1 N–H and O–H groups in total. The van der Waals surface area contributed by atoms with Crippen LogP contribution >= 0.6 is 0 Å². The smallest absolute Gasteiger partial charge is 0.242 e. The molecule has 1 amide bonds. The van der Waals surface area contributed by atoms with Crippen LogP contribution in [0.5, 0.6) is 0 Å². The maximum absolute atomic E-state index is 13.3. The first-order chi connectivity index (χ1) is 16.1. The zero-order chi connectivity index (χ0) is 24.6. The third-order valence-electron chi connectivity index (χ3n) is 5.47. The summed E-state index contributed by atoms with van der Waals surface area (Å²) in [5, 5.41) is 7.23. The van der Waals surface area contributed by atoms with Crippen LogP contribution in [0.2, 0.25) is 0 Å². The van der Waals surface area contributed by atoms with Crippen LogP contribution in [0, 0.1) is 12.7 Å². The molecule has 11 heteroatoms. The molecule has 34 heavy (non-hydrogen) atoms. The van der Waals surface area contributed by atoms with E-state index in [0.29, 0.717) is 35.0 Å². The molecule has 0 aliphatic rings. The van der Waals surface area contributed by atoms with Gasteiger partial charge in [0.2, 0.25) is 15.9 Å². The lowest BCUT2D eigenvalue weighted by molar-refractivity contribution is -0.116. The lowest BCUT2D eigenvalue weighted by Gasteiger charge is -2.11. The van der Waals surface area contributed by atoms with E-state index in [1.807, 2.05) is 11.6 Å². The van der Waals surface area contributed by atoms with E-state index in [-0.39, 0.29) is 23.0 Å². The fourth-order valence-electron chi connectivity index (χ4n) is 3.62. The standard InChI is InChI=1S/C23H25FN6O3S/c1-15-13-22(30(27-15)17-7-5-16(24)6-8-17)26-23(31)12-11-21-25-19-14-18(34(32,33)28(2)3)9-10-20(19)29(21)4/h5-10,13-14H,11-12H2,1-4H3,(H,26,31). The van der Waals surface area contributed by atoms with Crippen LogP contribution in [0.1, 0.15) is 17.9 Å². The van der Waals surface area contributed by atoms with E-state index in [0.717, 1.165) is 9.82 Å². The number of amides is 1. The Balaban J connectivity index is 1.50.